The maximum atomic E-state index is 11.4. The first-order chi connectivity index (χ1) is 8.74. The number of para-hydroxylation sites is 1. The number of ether oxygens (including phenoxy) is 1. The Bertz CT molecular complexity index is 371. The van der Waals surface area contributed by atoms with Crippen LogP contribution in [0.15, 0.2) is 24.3 Å². The number of amides is 1. The third-order valence-corrected chi connectivity index (χ3v) is 2.66. The van der Waals surface area contributed by atoms with Gasteiger partial charge in [-0.25, -0.2) is 0 Å². The van der Waals surface area contributed by atoms with Crippen molar-refractivity contribution in [2.45, 2.75) is 19.3 Å². The number of aliphatic hydroxyl groups is 1. The van der Waals surface area contributed by atoms with Crippen molar-refractivity contribution in [3.8, 4) is 5.75 Å². The Morgan fingerprint density at radius 2 is 2.06 bits per heavy atom. The van der Waals surface area contributed by atoms with Crippen LogP contribution < -0.4 is 10.1 Å². The molecule has 5 heteroatoms. The lowest BCUT2D eigenvalue weighted by Gasteiger charge is -2.08. The number of carbonyl (C=O) groups excluding carboxylic acids is 1. The number of carbonyl (C=O) groups is 1. The maximum Gasteiger partial charge on any atom is 0.257 e. The molecule has 1 aromatic carbocycles. The first kappa shape index (κ1) is 14.8. The normalized spacial score (nSPS) is 10.1. The Morgan fingerprint density at radius 1 is 1.28 bits per heavy atom. The lowest BCUT2D eigenvalue weighted by atomic mass is 10.2. The van der Waals surface area contributed by atoms with Crippen molar-refractivity contribution < 1.29 is 14.6 Å². The minimum absolute atomic E-state index is 0.0380. The average molecular weight is 272 g/mol. The van der Waals surface area contributed by atoms with Gasteiger partial charge in [0.2, 0.25) is 0 Å². The zero-order valence-corrected chi connectivity index (χ0v) is 10.9. The molecule has 0 saturated heterocycles. The summed E-state index contributed by atoms with van der Waals surface area (Å²) in [5.41, 5.74) is 0. The van der Waals surface area contributed by atoms with E-state index in [1.807, 2.05) is 0 Å². The van der Waals surface area contributed by atoms with Crippen LogP contribution in [0.1, 0.15) is 19.3 Å². The van der Waals surface area contributed by atoms with Gasteiger partial charge in [-0.2, -0.15) is 0 Å². The van der Waals surface area contributed by atoms with Crippen LogP contribution in [-0.2, 0) is 4.79 Å². The standard InChI is InChI=1S/C13H18ClNO3/c14-11-6-2-3-7-12(11)18-10-13(17)15-8-4-1-5-9-16/h2-3,6-7,16H,1,4-5,8-10H2,(H,15,17). The zero-order chi connectivity index (χ0) is 13.2. The Balaban J connectivity index is 2.15. The molecule has 0 spiro atoms. The molecular formula is C13H18ClNO3. The highest BCUT2D eigenvalue weighted by atomic mass is 35.5. The molecule has 0 bridgehead atoms. The van der Waals surface area contributed by atoms with Crippen LogP contribution in [0.4, 0.5) is 0 Å². The van der Waals surface area contributed by atoms with Gasteiger partial charge in [-0.1, -0.05) is 23.7 Å². The molecule has 1 amide bonds. The smallest absolute Gasteiger partial charge is 0.257 e. The van der Waals surface area contributed by atoms with Crippen LogP contribution in [0.2, 0.25) is 5.02 Å². The molecule has 0 aliphatic heterocycles. The Kier molecular flexibility index (Phi) is 7.22. The van der Waals surface area contributed by atoms with Crippen LogP contribution in [-0.4, -0.2) is 30.8 Å². The van der Waals surface area contributed by atoms with E-state index in [0.29, 0.717) is 17.3 Å². The second kappa shape index (κ2) is 8.78. The maximum absolute atomic E-state index is 11.4. The molecule has 0 unspecified atom stereocenters. The second-order valence-corrected chi connectivity index (χ2v) is 4.26. The van der Waals surface area contributed by atoms with E-state index in [1.54, 1.807) is 24.3 Å². The van der Waals surface area contributed by atoms with Crippen molar-refractivity contribution in [2.75, 3.05) is 19.8 Å². The van der Waals surface area contributed by atoms with Gasteiger partial charge in [-0.3, -0.25) is 4.79 Å². The van der Waals surface area contributed by atoms with E-state index in [0.717, 1.165) is 19.3 Å². The third kappa shape index (κ3) is 5.89. The Labute approximate surface area is 112 Å². The van der Waals surface area contributed by atoms with Gasteiger partial charge in [-0.05, 0) is 31.4 Å². The summed E-state index contributed by atoms with van der Waals surface area (Å²) in [5, 5.41) is 11.8. The van der Waals surface area contributed by atoms with Gasteiger partial charge >= 0.3 is 0 Å². The second-order valence-electron chi connectivity index (χ2n) is 3.85. The Hall–Kier alpha value is -1.26. The molecular weight excluding hydrogens is 254 g/mol. The molecule has 2 N–H and O–H groups in total. The molecule has 4 nitrogen and oxygen atoms in total. The van der Waals surface area contributed by atoms with Gasteiger partial charge in [-0.15, -0.1) is 0 Å². The Morgan fingerprint density at radius 3 is 2.78 bits per heavy atom. The predicted octanol–water partition coefficient (Wildman–Crippen LogP) is 2.00. The van der Waals surface area contributed by atoms with E-state index < -0.39 is 0 Å². The molecule has 0 atom stereocenters. The van der Waals surface area contributed by atoms with Crippen molar-refractivity contribution in [2.24, 2.45) is 0 Å². The summed E-state index contributed by atoms with van der Waals surface area (Å²) < 4.78 is 5.29. The van der Waals surface area contributed by atoms with Crippen LogP contribution >= 0.6 is 11.6 Å². The van der Waals surface area contributed by atoms with Gasteiger partial charge in [0.1, 0.15) is 5.75 Å². The number of benzene rings is 1. The molecule has 0 aromatic heterocycles. The number of halogens is 1. The SMILES string of the molecule is O=C(COc1ccccc1Cl)NCCCCCO. The fourth-order valence-corrected chi connectivity index (χ4v) is 1.59. The molecule has 1 aromatic rings. The van der Waals surface area contributed by atoms with E-state index in [4.69, 9.17) is 21.4 Å². The largest absolute Gasteiger partial charge is 0.482 e. The first-order valence-corrected chi connectivity index (χ1v) is 6.36. The summed E-state index contributed by atoms with van der Waals surface area (Å²) in [6.07, 6.45) is 2.53. The van der Waals surface area contributed by atoms with Gasteiger partial charge < -0.3 is 15.2 Å². The minimum atomic E-state index is -0.168. The monoisotopic (exact) mass is 271 g/mol. The number of unbranched alkanes of at least 4 members (excludes halogenated alkanes) is 2. The van der Waals surface area contributed by atoms with Gasteiger partial charge in [0.05, 0.1) is 5.02 Å². The van der Waals surface area contributed by atoms with Gasteiger partial charge in [0, 0.05) is 13.2 Å². The summed E-state index contributed by atoms with van der Waals surface area (Å²) in [7, 11) is 0. The van der Waals surface area contributed by atoms with Crippen LogP contribution in [0, 0.1) is 0 Å². The number of aliphatic hydroxyl groups excluding tert-OH is 1. The molecule has 0 fully saturated rings. The van der Waals surface area contributed by atoms with Crippen LogP contribution in [0.5, 0.6) is 5.75 Å². The number of rotatable bonds is 8. The quantitative estimate of drug-likeness (QED) is 0.711. The fraction of sp³-hybridized carbons (Fsp3) is 0.462. The highest BCUT2D eigenvalue weighted by Crippen LogP contribution is 2.22. The lowest BCUT2D eigenvalue weighted by molar-refractivity contribution is -0.123. The van der Waals surface area contributed by atoms with E-state index in [1.165, 1.54) is 0 Å². The predicted molar refractivity (Wildman–Crippen MR) is 70.9 cm³/mol. The van der Waals surface area contributed by atoms with Crippen molar-refractivity contribution >= 4 is 17.5 Å². The first-order valence-electron chi connectivity index (χ1n) is 5.99. The lowest BCUT2D eigenvalue weighted by Crippen LogP contribution is -2.29. The zero-order valence-electron chi connectivity index (χ0n) is 10.2. The number of nitrogens with one attached hydrogen (secondary N) is 1. The third-order valence-electron chi connectivity index (χ3n) is 2.35. The highest BCUT2D eigenvalue weighted by Gasteiger charge is 2.04. The summed E-state index contributed by atoms with van der Waals surface area (Å²) in [6.45, 7) is 0.762. The minimum Gasteiger partial charge on any atom is -0.482 e. The van der Waals surface area contributed by atoms with Gasteiger partial charge in [0.15, 0.2) is 6.61 Å². The topological polar surface area (TPSA) is 58.6 Å². The van der Waals surface area contributed by atoms with E-state index in [2.05, 4.69) is 5.32 Å². The van der Waals surface area contributed by atoms with Crippen molar-refractivity contribution in [3.63, 3.8) is 0 Å². The summed E-state index contributed by atoms with van der Waals surface area (Å²) in [6, 6.07) is 7.03. The molecule has 0 radical (unpaired) electrons. The van der Waals surface area contributed by atoms with Crippen molar-refractivity contribution in [3.05, 3.63) is 29.3 Å². The fourth-order valence-electron chi connectivity index (χ4n) is 1.40. The highest BCUT2D eigenvalue weighted by molar-refractivity contribution is 6.32. The molecule has 18 heavy (non-hydrogen) atoms. The molecule has 100 valence electrons. The summed E-state index contributed by atoms with van der Waals surface area (Å²) in [5.74, 6) is 0.341. The molecule has 0 aliphatic carbocycles. The summed E-state index contributed by atoms with van der Waals surface area (Å²) in [4.78, 5) is 11.4. The van der Waals surface area contributed by atoms with Crippen molar-refractivity contribution in [1.29, 1.82) is 0 Å². The molecule has 0 heterocycles. The van der Waals surface area contributed by atoms with Crippen molar-refractivity contribution in [1.82, 2.24) is 5.32 Å². The number of hydrogen-bond donors (Lipinski definition) is 2. The number of hydrogen-bond acceptors (Lipinski definition) is 3. The van der Waals surface area contributed by atoms with Gasteiger partial charge in [0.25, 0.3) is 5.91 Å². The van der Waals surface area contributed by atoms with E-state index in [9.17, 15) is 4.79 Å². The summed E-state index contributed by atoms with van der Waals surface area (Å²) >= 11 is 5.89. The van der Waals surface area contributed by atoms with Crippen LogP contribution in [0.3, 0.4) is 0 Å². The van der Waals surface area contributed by atoms with E-state index >= 15 is 0 Å². The molecule has 0 saturated carbocycles. The van der Waals surface area contributed by atoms with E-state index in [-0.39, 0.29) is 19.1 Å². The van der Waals surface area contributed by atoms with Crippen LogP contribution in [0.25, 0.3) is 0 Å². The average Bonchev–Trinajstić information content (AvgIpc) is 2.37. The molecule has 0 aliphatic rings. The molecule has 1 rings (SSSR count).